The Hall–Kier alpha value is -2.63. The van der Waals surface area contributed by atoms with Crippen LogP contribution in [0.15, 0.2) is 48.7 Å². The fourth-order valence-electron chi connectivity index (χ4n) is 4.83. The summed E-state index contributed by atoms with van der Waals surface area (Å²) >= 11 is 0. The van der Waals surface area contributed by atoms with Crippen LogP contribution in [0.3, 0.4) is 0 Å². The van der Waals surface area contributed by atoms with Crippen LogP contribution in [0, 0.1) is 12.8 Å². The lowest BCUT2D eigenvalue weighted by atomic mass is 10.0. The maximum atomic E-state index is 6.28. The van der Waals surface area contributed by atoms with Gasteiger partial charge >= 0.3 is 0 Å². The minimum Gasteiger partial charge on any atom is -0.475 e. The number of fused-ring (bicyclic) bond motifs is 3. The lowest BCUT2D eigenvalue weighted by molar-refractivity contribution is 0.0938. The lowest BCUT2D eigenvalue weighted by Crippen LogP contribution is -2.33. The molecular weight excluding hydrogens is 432 g/mol. The molecule has 3 aromatic rings. The first-order valence-electron chi connectivity index (χ1n) is 13.3. The number of nitrogens with one attached hydrogen (secondary N) is 1. The predicted molar refractivity (Wildman–Crippen MR) is 147 cm³/mol. The van der Waals surface area contributed by atoms with Gasteiger partial charge in [-0.1, -0.05) is 51.0 Å². The number of pyridine rings is 1. The first-order valence-corrected chi connectivity index (χ1v) is 13.3. The van der Waals surface area contributed by atoms with Crippen LogP contribution in [0.4, 0.5) is 5.69 Å². The van der Waals surface area contributed by atoms with Crippen molar-refractivity contribution in [2.75, 3.05) is 38.2 Å². The second-order valence-electron chi connectivity index (χ2n) is 10.1. The zero-order valence-electron chi connectivity index (χ0n) is 22.0. The quantitative estimate of drug-likeness (QED) is 0.326. The second kappa shape index (κ2) is 12.4. The van der Waals surface area contributed by atoms with Crippen molar-refractivity contribution >= 4 is 16.6 Å². The molecule has 2 heterocycles. The van der Waals surface area contributed by atoms with E-state index < -0.39 is 0 Å². The summed E-state index contributed by atoms with van der Waals surface area (Å²) in [6, 6.07) is 15.2. The first-order chi connectivity index (χ1) is 17.1. The number of ether oxygens (including phenoxy) is 1. The van der Waals surface area contributed by atoms with E-state index in [4.69, 9.17) is 9.72 Å². The molecule has 4 rings (SSSR count). The van der Waals surface area contributed by atoms with Gasteiger partial charge in [0.25, 0.3) is 0 Å². The summed E-state index contributed by atoms with van der Waals surface area (Å²) in [5.74, 6) is 1.78. The summed E-state index contributed by atoms with van der Waals surface area (Å²) in [5.41, 5.74) is 6.09. The zero-order valence-corrected chi connectivity index (χ0v) is 22.0. The van der Waals surface area contributed by atoms with Crippen LogP contribution < -0.4 is 10.1 Å². The topological polar surface area (TPSA) is 40.6 Å². The van der Waals surface area contributed by atoms with Crippen LogP contribution in [0.25, 0.3) is 10.9 Å². The van der Waals surface area contributed by atoms with E-state index in [2.05, 4.69) is 79.2 Å². The average Bonchev–Trinajstić information content (AvgIpc) is 2.89. The van der Waals surface area contributed by atoms with Crippen molar-refractivity contribution in [2.24, 2.45) is 5.92 Å². The largest absolute Gasteiger partial charge is 0.475 e. The summed E-state index contributed by atoms with van der Waals surface area (Å²) in [6.07, 6.45) is 5.66. The van der Waals surface area contributed by atoms with Crippen molar-refractivity contribution in [3.63, 3.8) is 0 Å². The monoisotopic (exact) mass is 474 g/mol. The number of hydrogen-bond acceptors (Lipinski definition) is 5. The number of rotatable bonds is 12. The predicted octanol–water partition coefficient (Wildman–Crippen LogP) is 6.46. The smallest absolute Gasteiger partial charge is 0.152 e. The Kier molecular flexibility index (Phi) is 9.00. The summed E-state index contributed by atoms with van der Waals surface area (Å²) in [4.78, 5) is 9.68. The highest BCUT2D eigenvalue weighted by Crippen LogP contribution is 2.35. The number of nitrogens with zero attached hydrogens (tertiary/aromatic N) is 3. The number of hydrogen-bond donors (Lipinski definition) is 1. The molecule has 0 bridgehead atoms. The number of likely N-dealkylation sites (N-methyl/N-ethyl adjacent to an activating group) is 1. The van der Waals surface area contributed by atoms with Gasteiger partial charge in [0, 0.05) is 55.6 Å². The molecule has 188 valence electrons. The molecule has 1 atom stereocenters. The molecule has 0 saturated heterocycles. The minimum atomic E-state index is 0.657. The van der Waals surface area contributed by atoms with Crippen LogP contribution >= 0.6 is 0 Å². The summed E-state index contributed by atoms with van der Waals surface area (Å²) in [6.45, 7) is 15.5. The third-order valence-corrected chi connectivity index (χ3v) is 7.31. The molecule has 0 aliphatic carbocycles. The Bertz CT molecular complexity index is 1080. The van der Waals surface area contributed by atoms with Crippen molar-refractivity contribution in [3.8, 4) is 5.75 Å². The van der Waals surface area contributed by atoms with Crippen LogP contribution in [-0.4, -0.2) is 47.7 Å². The Morgan fingerprint density at radius 1 is 1.17 bits per heavy atom. The average molecular weight is 475 g/mol. The number of benzene rings is 2. The highest BCUT2D eigenvalue weighted by molar-refractivity contribution is 5.89. The molecule has 0 radical (unpaired) electrons. The van der Waals surface area contributed by atoms with Gasteiger partial charge in [0.15, 0.2) is 5.75 Å². The van der Waals surface area contributed by atoms with Crippen LogP contribution in [0.2, 0.25) is 0 Å². The van der Waals surface area contributed by atoms with Gasteiger partial charge in [0.2, 0.25) is 0 Å². The van der Waals surface area contributed by atoms with E-state index in [1.165, 1.54) is 47.0 Å². The van der Waals surface area contributed by atoms with Crippen LogP contribution in [0.1, 0.15) is 56.7 Å². The van der Waals surface area contributed by atoms with Gasteiger partial charge in [0.1, 0.15) is 12.2 Å². The van der Waals surface area contributed by atoms with Crippen molar-refractivity contribution in [2.45, 2.75) is 60.0 Å². The third kappa shape index (κ3) is 6.74. The van der Waals surface area contributed by atoms with E-state index in [0.717, 1.165) is 56.5 Å². The van der Waals surface area contributed by atoms with E-state index in [1.807, 2.05) is 12.3 Å². The third-order valence-electron chi connectivity index (χ3n) is 7.31. The molecule has 0 fully saturated rings. The minimum absolute atomic E-state index is 0.657. The maximum absolute atomic E-state index is 6.28. The Labute approximate surface area is 211 Å². The summed E-state index contributed by atoms with van der Waals surface area (Å²) in [7, 11) is 0. The van der Waals surface area contributed by atoms with Gasteiger partial charge in [-0.05, 0) is 62.1 Å². The molecule has 0 spiro atoms. The fourth-order valence-corrected chi connectivity index (χ4v) is 4.83. The lowest BCUT2D eigenvalue weighted by Gasteiger charge is -2.31. The van der Waals surface area contributed by atoms with E-state index >= 15 is 0 Å². The van der Waals surface area contributed by atoms with E-state index in [0.29, 0.717) is 6.73 Å². The normalized spacial score (nSPS) is 14.7. The Morgan fingerprint density at radius 3 is 2.77 bits per heavy atom. The summed E-state index contributed by atoms with van der Waals surface area (Å²) < 4.78 is 6.28. The Balaban J connectivity index is 1.44. The van der Waals surface area contributed by atoms with Crippen LogP contribution in [-0.2, 0) is 13.1 Å². The number of aromatic nitrogens is 1. The van der Waals surface area contributed by atoms with Crippen molar-refractivity contribution in [1.29, 1.82) is 0 Å². The summed E-state index contributed by atoms with van der Waals surface area (Å²) in [5, 5.41) is 4.78. The highest BCUT2D eigenvalue weighted by Gasteiger charge is 2.22. The second-order valence-corrected chi connectivity index (χ2v) is 10.1. The van der Waals surface area contributed by atoms with Crippen molar-refractivity contribution in [3.05, 3.63) is 65.4 Å². The molecule has 0 saturated carbocycles. The molecule has 0 amide bonds. The Morgan fingerprint density at radius 2 is 2.00 bits per heavy atom. The van der Waals surface area contributed by atoms with Crippen LogP contribution in [0.5, 0.6) is 5.75 Å². The molecule has 1 aromatic heterocycles. The molecule has 5 heteroatoms. The molecule has 5 nitrogen and oxygen atoms in total. The molecule has 1 N–H and O–H groups in total. The molecule has 1 unspecified atom stereocenters. The van der Waals surface area contributed by atoms with Gasteiger partial charge in [-0.15, -0.1) is 0 Å². The first kappa shape index (κ1) is 25.5. The van der Waals surface area contributed by atoms with Gasteiger partial charge in [-0.25, -0.2) is 0 Å². The molecule has 1 aliphatic rings. The van der Waals surface area contributed by atoms with E-state index in [-0.39, 0.29) is 0 Å². The number of anilines is 1. The van der Waals surface area contributed by atoms with Gasteiger partial charge in [-0.3, -0.25) is 14.8 Å². The van der Waals surface area contributed by atoms with Crippen molar-refractivity contribution in [1.82, 2.24) is 14.8 Å². The van der Waals surface area contributed by atoms with Gasteiger partial charge in [-0.2, -0.15) is 0 Å². The number of aryl methyl sites for hydroxylation is 1. The van der Waals surface area contributed by atoms with E-state index in [1.54, 1.807) is 0 Å². The van der Waals surface area contributed by atoms with E-state index in [9.17, 15) is 0 Å². The van der Waals surface area contributed by atoms with Gasteiger partial charge < -0.3 is 10.1 Å². The molecule has 1 aliphatic heterocycles. The van der Waals surface area contributed by atoms with Crippen molar-refractivity contribution < 1.29 is 4.74 Å². The standard InChI is InChI=1S/C30H42N4O/c1-5-23(3)9-8-17-34-21-26-19-25(28-10-7-15-32-29(28)30(26)35-22-34)20-33(6-2)18-16-31-27-13-11-24(4)12-14-27/h7,10-15,19,23,31H,5-6,8-9,16-18,20-22H2,1-4H3. The molecule has 35 heavy (non-hydrogen) atoms. The fraction of sp³-hybridized carbons (Fsp3) is 0.500. The SMILES string of the molecule is CCC(C)CCCN1COc2c(cc(CN(CC)CCNc3ccc(C)cc3)c3cccnc23)C1. The van der Waals surface area contributed by atoms with Gasteiger partial charge in [0.05, 0.1) is 0 Å². The molecular formula is C30H42N4O. The zero-order chi connectivity index (χ0) is 24.6. The molecule has 2 aromatic carbocycles. The maximum Gasteiger partial charge on any atom is 0.152 e. The highest BCUT2D eigenvalue weighted by atomic mass is 16.5.